The van der Waals surface area contributed by atoms with Crippen molar-refractivity contribution in [3.8, 4) is 5.75 Å². The van der Waals surface area contributed by atoms with Crippen LogP contribution in [0.5, 0.6) is 5.75 Å². The Morgan fingerprint density at radius 3 is 2.07 bits per heavy atom. The maximum Gasteiger partial charge on any atom is 0.270 e. The Morgan fingerprint density at radius 1 is 1.21 bits per heavy atom. The van der Waals surface area contributed by atoms with Gasteiger partial charge in [0.2, 0.25) is 0 Å². The number of ether oxygens (including phenoxy) is 1. The van der Waals surface area contributed by atoms with Crippen molar-refractivity contribution in [1.82, 2.24) is 0 Å². The van der Waals surface area contributed by atoms with Crippen LogP contribution in [-0.4, -0.2) is 0 Å². The molecular weight excluding hydrogens is 179 g/mol. The van der Waals surface area contributed by atoms with E-state index in [9.17, 15) is 4.39 Å². The van der Waals surface area contributed by atoms with Gasteiger partial charge in [-0.2, -0.15) is 4.39 Å². The highest BCUT2D eigenvalue weighted by atomic mass is 19.1. The standard InChI is InChI=1S/C12H15FO/c1-9(13)14-11-7-5-10(6-8-11)12(2,3)4/h5-8H,1H2,2-4H3. The van der Waals surface area contributed by atoms with Gasteiger partial charge in [0.25, 0.3) is 6.01 Å². The zero-order valence-electron chi connectivity index (χ0n) is 8.80. The van der Waals surface area contributed by atoms with Gasteiger partial charge in [-0.1, -0.05) is 32.9 Å². The van der Waals surface area contributed by atoms with Crippen LogP contribution in [0.3, 0.4) is 0 Å². The lowest BCUT2D eigenvalue weighted by molar-refractivity contribution is 0.305. The predicted molar refractivity (Wildman–Crippen MR) is 56.0 cm³/mol. The third kappa shape index (κ3) is 2.87. The van der Waals surface area contributed by atoms with E-state index in [2.05, 4.69) is 27.4 Å². The number of halogens is 1. The van der Waals surface area contributed by atoms with Gasteiger partial charge in [-0.25, -0.2) is 0 Å². The maximum atomic E-state index is 12.3. The minimum absolute atomic E-state index is 0.102. The second-order valence-corrected chi connectivity index (χ2v) is 4.23. The summed E-state index contributed by atoms with van der Waals surface area (Å²) >= 11 is 0. The molecule has 0 aliphatic carbocycles. The minimum Gasteiger partial charge on any atom is -0.432 e. The second kappa shape index (κ2) is 3.82. The van der Waals surface area contributed by atoms with Gasteiger partial charge >= 0.3 is 0 Å². The molecule has 76 valence electrons. The zero-order chi connectivity index (χ0) is 10.8. The summed E-state index contributed by atoms with van der Waals surface area (Å²) in [6, 6.07) is 6.56. The molecule has 0 unspecified atom stereocenters. The van der Waals surface area contributed by atoms with Gasteiger partial charge in [-0.05, 0) is 29.7 Å². The summed E-state index contributed by atoms with van der Waals surface area (Å²) in [4.78, 5) is 0. The van der Waals surface area contributed by atoms with Crippen LogP contribution >= 0.6 is 0 Å². The third-order valence-electron chi connectivity index (χ3n) is 1.95. The SMILES string of the molecule is C=C(F)Oc1ccc(C(C)(C)C)cc1. The normalized spacial score (nSPS) is 11.1. The van der Waals surface area contributed by atoms with Crippen LogP contribution in [-0.2, 0) is 5.41 Å². The van der Waals surface area contributed by atoms with E-state index in [0.717, 1.165) is 0 Å². The highest BCUT2D eigenvalue weighted by Gasteiger charge is 2.12. The fourth-order valence-corrected chi connectivity index (χ4v) is 1.15. The number of rotatable bonds is 2. The minimum atomic E-state index is -0.784. The molecule has 0 fully saturated rings. The molecule has 14 heavy (non-hydrogen) atoms. The molecule has 0 aliphatic rings. The molecule has 0 saturated carbocycles. The summed E-state index contributed by atoms with van der Waals surface area (Å²) in [5.74, 6) is 0.477. The maximum absolute atomic E-state index is 12.3. The van der Waals surface area contributed by atoms with Crippen molar-refractivity contribution in [1.29, 1.82) is 0 Å². The van der Waals surface area contributed by atoms with E-state index in [1.165, 1.54) is 5.56 Å². The molecule has 0 spiro atoms. The van der Waals surface area contributed by atoms with Crippen molar-refractivity contribution in [2.24, 2.45) is 0 Å². The number of hydrogen-bond acceptors (Lipinski definition) is 1. The van der Waals surface area contributed by atoms with Crippen LogP contribution in [0.1, 0.15) is 26.3 Å². The molecule has 0 aromatic heterocycles. The van der Waals surface area contributed by atoms with E-state index < -0.39 is 6.01 Å². The lowest BCUT2D eigenvalue weighted by Crippen LogP contribution is -2.10. The molecule has 0 amide bonds. The van der Waals surface area contributed by atoms with Crippen molar-refractivity contribution >= 4 is 0 Å². The van der Waals surface area contributed by atoms with Gasteiger partial charge in [0.1, 0.15) is 5.75 Å². The van der Waals surface area contributed by atoms with E-state index in [0.29, 0.717) is 5.75 Å². The lowest BCUT2D eigenvalue weighted by atomic mass is 9.87. The largest absolute Gasteiger partial charge is 0.432 e. The van der Waals surface area contributed by atoms with Crippen LogP contribution in [0.4, 0.5) is 4.39 Å². The Kier molecular flexibility index (Phi) is 2.94. The highest BCUT2D eigenvalue weighted by Crippen LogP contribution is 2.24. The van der Waals surface area contributed by atoms with Gasteiger partial charge in [0.15, 0.2) is 0 Å². The zero-order valence-corrected chi connectivity index (χ0v) is 8.80. The third-order valence-corrected chi connectivity index (χ3v) is 1.95. The molecule has 1 aromatic rings. The molecule has 0 atom stereocenters. The summed E-state index contributed by atoms with van der Waals surface area (Å²) in [5.41, 5.74) is 1.29. The summed E-state index contributed by atoms with van der Waals surface area (Å²) in [6.45, 7) is 9.40. The fourth-order valence-electron chi connectivity index (χ4n) is 1.15. The first-order valence-corrected chi connectivity index (χ1v) is 4.52. The van der Waals surface area contributed by atoms with Gasteiger partial charge in [-0.15, -0.1) is 0 Å². The molecule has 0 saturated heterocycles. The van der Waals surface area contributed by atoms with E-state index in [4.69, 9.17) is 4.74 Å². The average Bonchev–Trinajstić information content (AvgIpc) is 2.02. The predicted octanol–water partition coefficient (Wildman–Crippen LogP) is 3.80. The van der Waals surface area contributed by atoms with Crippen molar-refractivity contribution in [2.75, 3.05) is 0 Å². The van der Waals surface area contributed by atoms with Gasteiger partial charge < -0.3 is 4.74 Å². The van der Waals surface area contributed by atoms with E-state index in [1.807, 2.05) is 12.1 Å². The molecule has 1 aromatic carbocycles. The second-order valence-electron chi connectivity index (χ2n) is 4.23. The van der Waals surface area contributed by atoms with E-state index >= 15 is 0 Å². The van der Waals surface area contributed by atoms with Crippen molar-refractivity contribution < 1.29 is 9.13 Å². The molecule has 0 radical (unpaired) electrons. The molecule has 0 aliphatic heterocycles. The Balaban J connectivity index is 2.84. The summed E-state index contributed by atoms with van der Waals surface area (Å²) in [5, 5.41) is 0. The smallest absolute Gasteiger partial charge is 0.270 e. The van der Waals surface area contributed by atoms with Gasteiger partial charge in [0, 0.05) is 0 Å². The van der Waals surface area contributed by atoms with Crippen LogP contribution in [0.2, 0.25) is 0 Å². The van der Waals surface area contributed by atoms with Crippen LogP contribution < -0.4 is 4.74 Å². The fraction of sp³-hybridized carbons (Fsp3) is 0.333. The number of hydrogen-bond donors (Lipinski definition) is 0. The Morgan fingerprint density at radius 2 is 1.71 bits per heavy atom. The summed E-state index contributed by atoms with van der Waals surface area (Å²) < 4.78 is 17.0. The van der Waals surface area contributed by atoms with Crippen molar-refractivity contribution in [2.45, 2.75) is 26.2 Å². The first kappa shape index (κ1) is 10.8. The monoisotopic (exact) mass is 194 g/mol. The quantitative estimate of drug-likeness (QED) is 0.650. The van der Waals surface area contributed by atoms with Crippen LogP contribution in [0, 0.1) is 0 Å². The molecule has 1 rings (SSSR count). The van der Waals surface area contributed by atoms with E-state index in [-0.39, 0.29) is 5.41 Å². The topological polar surface area (TPSA) is 9.23 Å². The molecular formula is C12H15FO. The Hall–Kier alpha value is -1.31. The Labute approximate surface area is 84.2 Å². The molecule has 0 N–H and O–H groups in total. The summed E-state index contributed by atoms with van der Waals surface area (Å²) in [6.07, 6.45) is 0. The molecule has 1 nitrogen and oxygen atoms in total. The highest BCUT2D eigenvalue weighted by molar-refractivity contribution is 5.31. The molecule has 0 bridgehead atoms. The van der Waals surface area contributed by atoms with Crippen LogP contribution in [0.25, 0.3) is 0 Å². The summed E-state index contributed by atoms with van der Waals surface area (Å²) in [7, 11) is 0. The average molecular weight is 194 g/mol. The van der Waals surface area contributed by atoms with Crippen molar-refractivity contribution in [3.63, 3.8) is 0 Å². The van der Waals surface area contributed by atoms with Crippen molar-refractivity contribution in [3.05, 3.63) is 42.4 Å². The van der Waals surface area contributed by atoms with Gasteiger partial charge in [-0.3, -0.25) is 0 Å². The first-order chi connectivity index (χ1) is 6.39. The van der Waals surface area contributed by atoms with E-state index in [1.54, 1.807) is 12.1 Å². The van der Waals surface area contributed by atoms with Crippen LogP contribution in [0.15, 0.2) is 36.9 Å². The van der Waals surface area contributed by atoms with Gasteiger partial charge in [0.05, 0.1) is 0 Å². The molecule has 0 heterocycles. The Bertz CT molecular complexity index is 319. The number of benzene rings is 1. The first-order valence-electron chi connectivity index (χ1n) is 4.52. The lowest BCUT2D eigenvalue weighted by Gasteiger charge is -2.18. The molecule has 2 heteroatoms.